The molecule has 8 nitrogen and oxygen atoms in total. The van der Waals surface area contributed by atoms with Crippen molar-refractivity contribution in [3.63, 3.8) is 0 Å². The van der Waals surface area contributed by atoms with Crippen LogP contribution in [-0.4, -0.2) is 52.4 Å². The maximum absolute atomic E-state index is 11.7. The molecule has 2 atom stereocenters. The number of anilines is 2. The fourth-order valence-corrected chi connectivity index (χ4v) is 3.86. The molecule has 2 fully saturated rings. The number of aromatic nitrogens is 2. The SMILES string of the molecule is COC1CCC(Nc2ncc(C(N)=O)c(N[C@@H]3CCCC(O)C3)n2)CC1. The summed E-state index contributed by atoms with van der Waals surface area (Å²) in [5, 5.41) is 16.5. The van der Waals surface area contributed by atoms with Crippen LogP contribution in [0.2, 0.25) is 0 Å². The monoisotopic (exact) mass is 363 g/mol. The summed E-state index contributed by atoms with van der Waals surface area (Å²) in [7, 11) is 1.75. The molecule has 8 heteroatoms. The Labute approximate surface area is 153 Å². The van der Waals surface area contributed by atoms with Gasteiger partial charge in [0, 0.05) is 25.4 Å². The smallest absolute Gasteiger partial charge is 0.254 e. The van der Waals surface area contributed by atoms with Crippen LogP contribution in [0.5, 0.6) is 0 Å². The molecule has 0 bridgehead atoms. The van der Waals surface area contributed by atoms with E-state index in [4.69, 9.17) is 10.5 Å². The minimum Gasteiger partial charge on any atom is -0.393 e. The fraction of sp³-hybridized carbons (Fsp3) is 0.722. The van der Waals surface area contributed by atoms with E-state index in [-0.39, 0.29) is 17.7 Å². The largest absolute Gasteiger partial charge is 0.393 e. The maximum atomic E-state index is 11.7. The van der Waals surface area contributed by atoms with Gasteiger partial charge in [0.25, 0.3) is 5.91 Å². The summed E-state index contributed by atoms with van der Waals surface area (Å²) in [6, 6.07) is 0.377. The van der Waals surface area contributed by atoms with Crippen LogP contribution in [0.3, 0.4) is 0 Å². The van der Waals surface area contributed by atoms with Gasteiger partial charge in [0.05, 0.1) is 17.8 Å². The summed E-state index contributed by atoms with van der Waals surface area (Å²) in [5.41, 5.74) is 5.75. The van der Waals surface area contributed by atoms with E-state index >= 15 is 0 Å². The zero-order valence-electron chi connectivity index (χ0n) is 15.3. The van der Waals surface area contributed by atoms with E-state index in [1.165, 1.54) is 6.20 Å². The summed E-state index contributed by atoms with van der Waals surface area (Å²) >= 11 is 0. The molecular weight excluding hydrogens is 334 g/mol. The highest BCUT2D eigenvalue weighted by Gasteiger charge is 2.24. The minimum absolute atomic E-state index is 0.0803. The lowest BCUT2D eigenvalue weighted by atomic mass is 9.93. The van der Waals surface area contributed by atoms with Crippen molar-refractivity contribution >= 4 is 17.7 Å². The van der Waals surface area contributed by atoms with Crippen LogP contribution in [0.15, 0.2) is 6.20 Å². The van der Waals surface area contributed by atoms with Gasteiger partial charge in [-0.1, -0.05) is 0 Å². The van der Waals surface area contributed by atoms with Gasteiger partial charge in [-0.05, 0) is 51.4 Å². The van der Waals surface area contributed by atoms with Crippen LogP contribution < -0.4 is 16.4 Å². The van der Waals surface area contributed by atoms with E-state index in [0.29, 0.717) is 30.3 Å². The molecule has 1 amide bonds. The number of amides is 1. The van der Waals surface area contributed by atoms with Gasteiger partial charge in [-0.15, -0.1) is 0 Å². The topological polar surface area (TPSA) is 122 Å². The first kappa shape index (κ1) is 18.8. The van der Waals surface area contributed by atoms with Crippen molar-refractivity contribution in [2.75, 3.05) is 17.7 Å². The molecule has 144 valence electrons. The first-order valence-electron chi connectivity index (χ1n) is 9.46. The summed E-state index contributed by atoms with van der Waals surface area (Å²) in [6.45, 7) is 0. The third kappa shape index (κ3) is 4.82. The number of primary amides is 1. The molecule has 2 aliphatic rings. The van der Waals surface area contributed by atoms with Gasteiger partial charge in [-0.25, -0.2) is 4.98 Å². The number of ether oxygens (including phenoxy) is 1. The van der Waals surface area contributed by atoms with Crippen molar-refractivity contribution < 1.29 is 14.6 Å². The highest BCUT2D eigenvalue weighted by molar-refractivity contribution is 5.97. The predicted octanol–water partition coefficient (Wildman–Crippen LogP) is 1.66. The lowest BCUT2D eigenvalue weighted by molar-refractivity contribution is 0.0681. The van der Waals surface area contributed by atoms with Crippen LogP contribution in [-0.2, 0) is 4.74 Å². The van der Waals surface area contributed by atoms with E-state index in [1.807, 2.05) is 0 Å². The minimum atomic E-state index is -0.559. The fourth-order valence-electron chi connectivity index (χ4n) is 3.86. The molecular formula is C18H29N5O3. The van der Waals surface area contributed by atoms with Gasteiger partial charge in [0.1, 0.15) is 5.82 Å². The van der Waals surface area contributed by atoms with Crippen LogP contribution in [0.4, 0.5) is 11.8 Å². The lowest BCUT2D eigenvalue weighted by Crippen LogP contribution is -2.32. The summed E-state index contributed by atoms with van der Waals surface area (Å²) in [5.74, 6) is 0.380. The first-order valence-corrected chi connectivity index (χ1v) is 9.46. The number of rotatable bonds is 6. The van der Waals surface area contributed by atoms with Gasteiger partial charge in [0.15, 0.2) is 0 Å². The Bertz CT molecular complexity index is 619. The van der Waals surface area contributed by atoms with Crippen LogP contribution in [0.1, 0.15) is 61.7 Å². The Kier molecular flexibility index (Phi) is 6.26. The molecule has 3 rings (SSSR count). The molecule has 0 aliphatic heterocycles. The van der Waals surface area contributed by atoms with Gasteiger partial charge in [-0.2, -0.15) is 4.98 Å². The molecule has 2 aliphatic carbocycles. The van der Waals surface area contributed by atoms with E-state index in [1.54, 1.807) is 7.11 Å². The Balaban J connectivity index is 1.68. The van der Waals surface area contributed by atoms with Crippen molar-refractivity contribution in [2.24, 2.45) is 5.73 Å². The number of nitrogens with one attached hydrogen (secondary N) is 2. The van der Waals surface area contributed by atoms with Crippen molar-refractivity contribution in [3.05, 3.63) is 11.8 Å². The third-order valence-corrected chi connectivity index (χ3v) is 5.38. The number of carbonyl (C=O) groups is 1. The molecule has 0 spiro atoms. The Hall–Kier alpha value is -1.93. The van der Waals surface area contributed by atoms with E-state index in [0.717, 1.165) is 44.9 Å². The summed E-state index contributed by atoms with van der Waals surface area (Å²) < 4.78 is 5.40. The Morgan fingerprint density at radius 1 is 1.19 bits per heavy atom. The number of aliphatic hydroxyl groups is 1. The van der Waals surface area contributed by atoms with Crippen LogP contribution in [0.25, 0.3) is 0 Å². The number of hydrogen-bond donors (Lipinski definition) is 4. The molecule has 0 aromatic carbocycles. The molecule has 1 heterocycles. The number of methoxy groups -OCH3 is 1. The number of carbonyl (C=O) groups excluding carboxylic acids is 1. The average Bonchev–Trinajstić information content (AvgIpc) is 2.62. The van der Waals surface area contributed by atoms with Crippen LogP contribution in [0, 0.1) is 0 Å². The predicted molar refractivity (Wildman–Crippen MR) is 99.1 cm³/mol. The van der Waals surface area contributed by atoms with Crippen molar-refractivity contribution in [1.82, 2.24) is 9.97 Å². The quantitative estimate of drug-likeness (QED) is 0.606. The molecule has 26 heavy (non-hydrogen) atoms. The lowest BCUT2D eigenvalue weighted by Gasteiger charge is -2.29. The second kappa shape index (κ2) is 8.64. The van der Waals surface area contributed by atoms with E-state index in [2.05, 4.69) is 20.6 Å². The second-order valence-corrected chi connectivity index (χ2v) is 7.34. The van der Waals surface area contributed by atoms with E-state index in [9.17, 15) is 9.90 Å². The Morgan fingerprint density at radius 2 is 1.96 bits per heavy atom. The first-order chi connectivity index (χ1) is 12.5. The van der Waals surface area contributed by atoms with Crippen molar-refractivity contribution in [3.8, 4) is 0 Å². The maximum Gasteiger partial charge on any atom is 0.254 e. The normalized spacial score (nSPS) is 29.2. The molecule has 0 radical (unpaired) electrons. The zero-order valence-corrected chi connectivity index (χ0v) is 15.3. The third-order valence-electron chi connectivity index (χ3n) is 5.38. The second-order valence-electron chi connectivity index (χ2n) is 7.34. The highest BCUT2D eigenvalue weighted by atomic mass is 16.5. The van der Waals surface area contributed by atoms with Crippen molar-refractivity contribution in [1.29, 1.82) is 0 Å². The van der Waals surface area contributed by atoms with E-state index < -0.39 is 5.91 Å². The number of aliphatic hydroxyl groups excluding tert-OH is 1. The molecule has 0 saturated heterocycles. The van der Waals surface area contributed by atoms with Gasteiger partial charge < -0.3 is 26.2 Å². The highest BCUT2D eigenvalue weighted by Crippen LogP contribution is 2.25. The average molecular weight is 363 g/mol. The summed E-state index contributed by atoms with van der Waals surface area (Å²) in [6.07, 6.45) is 8.86. The molecule has 1 aromatic rings. The molecule has 2 saturated carbocycles. The van der Waals surface area contributed by atoms with Crippen LogP contribution >= 0.6 is 0 Å². The molecule has 1 unspecified atom stereocenters. The van der Waals surface area contributed by atoms with Gasteiger partial charge >= 0.3 is 0 Å². The number of nitrogens with zero attached hydrogens (tertiary/aromatic N) is 2. The molecule has 5 N–H and O–H groups in total. The van der Waals surface area contributed by atoms with Crippen molar-refractivity contribution in [2.45, 2.75) is 75.7 Å². The Morgan fingerprint density at radius 3 is 2.62 bits per heavy atom. The van der Waals surface area contributed by atoms with Gasteiger partial charge in [-0.3, -0.25) is 4.79 Å². The zero-order chi connectivity index (χ0) is 18.5. The molecule has 1 aromatic heterocycles. The number of hydrogen-bond acceptors (Lipinski definition) is 7. The standard InChI is InChI=1S/C18H29N5O3/c1-26-14-7-5-11(6-8-14)22-18-20-10-15(16(19)25)17(23-18)21-12-3-2-4-13(24)9-12/h10-14,24H,2-9H2,1H3,(H2,19,25)(H2,20,21,22,23)/t11?,12-,13?,14?/m1/s1. The van der Waals surface area contributed by atoms with Gasteiger partial charge in [0.2, 0.25) is 5.95 Å². The summed E-state index contributed by atoms with van der Waals surface area (Å²) in [4.78, 5) is 20.5. The number of nitrogens with two attached hydrogens (primary N) is 1.